The number of nitrogens with two attached hydrogens (primary N) is 2. The summed E-state index contributed by atoms with van der Waals surface area (Å²) >= 11 is 0. The number of ether oxygens (including phenoxy) is 1. The van der Waals surface area contributed by atoms with Crippen LogP contribution in [0.4, 0.5) is 23.0 Å². The summed E-state index contributed by atoms with van der Waals surface area (Å²) in [4.78, 5) is 9.36. The average molecular weight is 376 g/mol. The van der Waals surface area contributed by atoms with Crippen molar-refractivity contribution in [1.82, 2.24) is 15.3 Å². The Morgan fingerprint density at radius 3 is 2.43 bits per heavy atom. The standard InChI is InChI=1S/C21H24N6O/c1-12-9-15(23)10-13(2)19(12)28-20-17-11-24-8-7-18(17)26-21(27-20)25-16-5-3-14(22)4-6-16/h3-6,9-10,24H,7-8,11,22-23H2,1-2H3,(H,25,26,27). The summed E-state index contributed by atoms with van der Waals surface area (Å²) in [5.74, 6) is 1.84. The molecule has 7 nitrogen and oxygen atoms in total. The van der Waals surface area contributed by atoms with Crippen molar-refractivity contribution in [3.05, 3.63) is 58.8 Å². The van der Waals surface area contributed by atoms with Crippen LogP contribution in [0.5, 0.6) is 11.6 Å². The molecule has 7 heteroatoms. The summed E-state index contributed by atoms with van der Waals surface area (Å²) in [7, 11) is 0. The molecule has 0 bridgehead atoms. The van der Waals surface area contributed by atoms with Gasteiger partial charge in [0.2, 0.25) is 11.8 Å². The average Bonchev–Trinajstić information content (AvgIpc) is 2.66. The van der Waals surface area contributed by atoms with E-state index < -0.39 is 0 Å². The van der Waals surface area contributed by atoms with E-state index in [4.69, 9.17) is 21.2 Å². The third kappa shape index (κ3) is 3.70. The Morgan fingerprint density at radius 2 is 1.71 bits per heavy atom. The lowest BCUT2D eigenvalue weighted by atomic mass is 10.1. The van der Waals surface area contributed by atoms with Crippen LogP contribution in [0.25, 0.3) is 0 Å². The van der Waals surface area contributed by atoms with Crippen LogP contribution in [-0.2, 0) is 13.0 Å². The summed E-state index contributed by atoms with van der Waals surface area (Å²) < 4.78 is 6.28. The molecule has 28 heavy (non-hydrogen) atoms. The van der Waals surface area contributed by atoms with Crippen molar-refractivity contribution < 1.29 is 4.74 Å². The second kappa shape index (κ2) is 7.36. The second-order valence-corrected chi connectivity index (χ2v) is 7.04. The lowest BCUT2D eigenvalue weighted by Gasteiger charge is -2.21. The Hall–Kier alpha value is -3.32. The summed E-state index contributed by atoms with van der Waals surface area (Å²) in [6.45, 7) is 5.53. The van der Waals surface area contributed by atoms with Gasteiger partial charge in [-0.25, -0.2) is 4.98 Å². The normalized spacial score (nSPS) is 13.1. The molecule has 0 radical (unpaired) electrons. The molecule has 2 aromatic carbocycles. The Kier molecular flexibility index (Phi) is 4.75. The van der Waals surface area contributed by atoms with Crippen molar-refractivity contribution in [2.45, 2.75) is 26.8 Å². The zero-order valence-corrected chi connectivity index (χ0v) is 16.0. The van der Waals surface area contributed by atoms with Crippen LogP contribution in [0.15, 0.2) is 36.4 Å². The number of benzene rings is 2. The van der Waals surface area contributed by atoms with Crippen molar-refractivity contribution in [2.24, 2.45) is 0 Å². The maximum atomic E-state index is 6.28. The molecule has 0 atom stereocenters. The molecule has 0 unspecified atom stereocenters. The van der Waals surface area contributed by atoms with Gasteiger partial charge in [-0.1, -0.05) is 0 Å². The van der Waals surface area contributed by atoms with Crippen LogP contribution in [0.2, 0.25) is 0 Å². The van der Waals surface area contributed by atoms with Crippen molar-refractivity contribution >= 4 is 23.0 Å². The predicted molar refractivity (Wildman–Crippen MR) is 112 cm³/mol. The lowest BCUT2D eigenvalue weighted by molar-refractivity contribution is 0.439. The Labute approximate surface area is 164 Å². The first-order valence-corrected chi connectivity index (χ1v) is 9.27. The molecule has 0 spiro atoms. The molecule has 1 aromatic heterocycles. The molecule has 2 heterocycles. The van der Waals surface area contributed by atoms with Gasteiger partial charge in [0, 0.05) is 36.6 Å². The smallest absolute Gasteiger partial charge is 0.230 e. The quantitative estimate of drug-likeness (QED) is 0.516. The van der Waals surface area contributed by atoms with Crippen molar-refractivity contribution in [3.8, 4) is 11.6 Å². The fraction of sp³-hybridized carbons (Fsp3) is 0.238. The highest BCUT2D eigenvalue weighted by atomic mass is 16.5. The van der Waals surface area contributed by atoms with Crippen LogP contribution >= 0.6 is 0 Å². The third-order valence-electron chi connectivity index (χ3n) is 4.74. The van der Waals surface area contributed by atoms with E-state index in [-0.39, 0.29) is 0 Å². The number of nitrogens with zero attached hydrogens (tertiary/aromatic N) is 2. The number of aryl methyl sites for hydroxylation is 2. The number of hydrogen-bond donors (Lipinski definition) is 4. The highest BCUT2D eigenvalue weighted by Crippen LogP contribution is 2.34. The molecule has 6 N–H and O–H groups in total. The predicted octanol–water partition coefficient (Wildman–Crippen LogP) is 3.44. The molecule has 0 saturated carbocycles. The number of hydrogen-bond acceptors (Lipinski definition) is 7. The number of nitrogen functional groups attached to an aromatic ring is 2. The molecule has 1 aliphatic rings. The molecule has 3 aromatic rings. The maximum absolute atomic E-state index is 6.28. The zero-order valence-electron chi connectivity index (χ0n) is 16.0. The van der Waals surface area contributed by atoms with Crippen LogP contribution < -0.4 is 26.8 Å². The van der Waals surface area contributed by atoms with Gasteiger partial charge in [0.15, 0.2) is 0 Å². The van der Waals surface area contributed by atoms with Gasteiger partial charge in [-0.05, 0) is 61.4 Å². The fourth-order valence-corrected chi connectivity index (χ4v) is 3.39. The summed E-state index contributed by atoms with van der Waals surface area (Å²) in [6.07, 6.45) is 0.824. The number of anilines is 4. The number of fused-ring (bicyclic) bond motifs is 1. The van der Waals surface area contributed by atoms with E-state index >= 15 is 0 Å². The van der Waals surface area contributed by atoms with Gasteiger partial charge < -0.3 is 26.8 Å². The van der Waals surface area contributed by atoms with Gasteiger partial charge in [-0.2, -0.15) is 4.98 Å². The topological polar surface area (TPSA) is 111 Å². The van der Waals surface area contributed by atoms with Gasteiger partial charge in [0.25, 0.3) is 0 Å². The Morgan fingerprint density at radius 1 is 1.00 bits per heavy atom. The number of nitrogens with one attached hydrogen (secondary N) is 2. The molecular weight excluding hydrogens is 352 g/mol. The van der Waals surface area contributed by atoms with Gasteiger partial charge in [0.05, 0.1) is 11.3 Å². The van der Waals surface area contributed by atoms with E-state index in [1.54, 1.807) is 0 Å². The molecule has 0 saturated heterocycles. The van der Waals surface area contributed by atoms with Gasteiger partial charge in [-0.3, -0.25) is 0 Å². The fourth-order valence-electron chi connectivity index (χ4n) is 3.39. The van der Waals surface area contributed by atoms with Crippen molar-refractivity contribution in [2.75, 3.05) is 23.3 Å². The Bertz CT molecular complexity index is 993. The minimum atomic E-state index is 0.506. The van der Waals surface area contributed by atoms with Gasteiger partial charge in [0.1, 0.15) is 5.75 Å². The monoisotopic (exact) mass is 376 g/mol. The minimum Gasteiger partial charge on any atom is -0.438 e. The molecular formula is C21H24N6O. The summed E-state index contributed by atoms with van der Waals surface area (Å²) in [5.41, 5.74) is 17.9. The summed E-state index contributed by atoms with van der Waals surface area (Å²) in [6, 6.07) is 11.3. The van der Waals surface area contributed by atoms with E-state index in [1.807, 2.05) is 50.2 Å². The first-order chi connectivity index (χ1) is 13.5. The first kappa shape index (κ1) is 18.1. The van der Waals surface area contributed by atoms with E-state index in [0.29, 0.717) is 24.1 Å². The largest absolute Gasteiger partial charge is 0.438 e. The zero-order chi connectivity index (χ0) is 19.7. The first-order valence-electron chi connectivity index (χ1n) is 9.27. The van der Waals surface area contributed by atoms with Crippen molar-refractivity contribution in [3.63, 3.8) is 0 Å². The van der Waals surface area contributed by atoms with Crippen LogP contribution in [0.3, 0.4) is 0 Å². The maximum Gasteiger partial charge on any atom is 0.230 e. The highest BCUT2D eigenvalue weighted by Gasteiger charge is 2.20. The molecule has 0 aliphatic carbocycles. The molecule has 4 rings (SSSR count). The second-order valence-electron chi connectivity index (χ2n) is 7.04. The highest BCUT2D eigenvalue weighted by molar-refractivity contribution is 5.59. The molecule has 0 amide bonds. The van der Waals surface area contributed by atoms with E-state index in [2.05, 4.69) is 15.6 Å². The van der Waals surface area contributed by atoms with Crippen LogP contribution in [-0.4, -0.2) is 16.5 Å². The van der Waals surface area contributed by atoms with E-state index in [9.17, 15) is 0 Å². The van der Waals surface area contributed by atoms with E-state index in [1.165, 1.54) is 0 Å². The third-order valence-corrected chi connectivity index (χ3v) is 4.74. The van der Waals surface area contributed by atoms with Crippen LogP contribution in [0.1, 0.15) is 22.4 Å². The van der Waals surface area contributed by atoms with Gasteiger partial charge >= 0.3 is 0 Å². The van der Waals surface area contributed by atoms with Crippen LogP contribution in [0, 0.1) is 13.8 Å². The molecule has 0 fully saturated rings. The molecule has 1 aliphatic heterocycles. The molecule has 144 valence electrons. The van der Waals surface area contributed by atoms with Crippen molar-refractivity contribution in [1.29, 1.82) is 0 Å². The Balaban J connectivity index is 1.72. The number of rotatable bonds is 4. The van der Waals surface area contributed by atoms with Gasteiger partial charge in [-0.15, -0.1) is 0 Å². The lowest BCUT2D eigenvalue weighted by Crippen LogP contribution is -2.26. The summed E-state index contributed by atoms with van der Waals surface area (Å²) in [5, 5.41) is 6.61. The number of aromatic nitrogens is 2. The minimum absolute atomic E-state index is 0.506. The SMILES string of the molecule is Cc1cc(N)cc(C)c1Oc1nc(Nc2ccc(N)cc2)nc2c1CNCC2. The van der Waals surface area contributed by atoms with E-state index in [0.717, 1.165) is 52.5 Å².